The van der Waals surface area contributed by atoms with Gasteiger partial charge in [0.25, 0.3) is 0 Å². The quantitative estimate of drug-likeness (QED) is 0.548. The maximum atomic E-state index is 8.45. The number of hydrogen-bond acceptors (Lipinski definition) is 1. The zero-order chi connectivity index (χ0) is 6.95. The number of rotatable bonds is 6. The van der Waals surface area contributed by atoms with Gasteiger partial charge < -0.3 is 0 Å². The summed E-state index contributed by atoms with van der Waals surface area (Å²) < 4.78 is 2.89. The van der Waals surface area contributed by atoms with Gasteiger partial charge in [-0.25, -0.2) is 0 Å². The van der Waals surface area contributed by atoms with Crippen molar-refractivity contribution in [1.82, 2.24) is 0 Å². The van der Waals surface area contributed by atoms with Crippen LogP contribution in [0.15, 0.2) is 0 Å². The molecule has 9 heavy (non-hydrogen) atoms. The number of hydrogen-bond donors (Lipinski definition) is 1. The number of aliphatic hydroxyl groups excluding tert-OH is 1. The van der Waals surface area contributed by atoms with Gasteiger partial charge in [-0.1, -0.05) is 0 Å². The van der Waals surface area contributed by atoms with Gasteiger partial charge in [0.15, 0.2) is 0 Å². The van der Waals surface area contributed by atoms with Gasteiger partial charge in [0.05, 0.1) is 0 Å². The van der Waals surface area contributed by atoms with Crippen molar-refractivity contribution < 1.29 is 5.11 Å². The Kier molecular flexibility index (Phi) is 9.50. The van der Waals surface area contributed by atoms with Crippen LogP contribution in [-0.4, -0.2) is 32.9 Å². The third-order valence-electron chi connectivity index (χ3n) is 1.22. The third kappa shape index (κ3) is 8.76. The van der Waals surface area contributed by atoms with E-state index in [-0.39, 0.29) is 21.1 Å². The van der Waals surface area contributed by atoms with Crippen LogP contribution >= 0.6 is 0 Å². The molecule has 0 bridgehead atoms. The molecule has 0 fully saturated rings. The summed E-state index contributed by atoms with van der Waals surface area (Å²) in [5, 5.41) is 8.45. The molecule has 0 aromatic rings. The molecule has 1 nitrogen and oxygen atoms in total. The van der Waals surface area contributed by atoms with Crippen molar-refractivity contribution in [1.29, 1.82) is 0 Å². The molecule has 2 heteroatoms. The Morgan fingerprint density at radius 1 is 1.22 bits per heavy atom. The number of aliphatic hydroxyl groups is 1. The van der Waals surface area contributed by atoms with Gasteiger partial charge >= 0.3 is 67.9 Å². The van der Waals surface area contributed by atoms with E-state index in [4.69, 9.17) is 5.11 Å². The standard InChI is InChI=1S/C4H9.C3H7O.Sn/c1-3-4-2;1-2-3-4;/h1,3-4H2,2H3;4H,1-3H2;. The van der Waals surface area contributed by atoms with E-state index < -0.39 is 0 Å². The first-order valence-electron chi connectivity index (χ1n) is 3.73. The van der Waals surface area contributed by atoms with Crippen LogP contribution < -0.4 is 0 Å². The summed E-state index contributed by atoms with van der Waals surface area (Å²) in [6.45, 7) is 2.65. The molecule has 0 aromatic heterocycles. The van der Waals surface area contributed by atoms with Crippen molar-refractivity contribution in [3.63, 3.8) is 0 Å². The average Bonchev–Trinajstić information content (AvgIpc) is 1.89. The number of unbranched alkanes of at least 4 members (excludes halogenated alkanes) is 1. The molecule has 0 saturated carbocycles. The van der Waals surface area contributed by atoms with E-state index in [1.54, 1.807) is 0 Å². The van der Waals surface area contributed by atoms with Gasteiger partial charge in [-0.3, -0.25) is 0 Å². The third-order valence-corrected chi connectivity index (χ3v) is 5.26. The summed E-state index contributed by atoms with van der Waals surface area (Å²) in [7, 11) is 0. The van der Waals surface area contributed by atoms with Crippen LogP contribution in [0.1, 0.15) is 26.2 Å². The molecule has 0 rings (SSSR count). The molecule has 0 aliphatic carbocycles. The van der Waals surface area contributed by atoms with Crippen LogP contribution in [0, 0.1) is 0 Å². The fraction of sp³-hybridized carbons (Fsp3) is 1.00. The van der Waals surface area contributed by atoms with Gasteiger partial charge in [-0.15, -0.1) is 0 Å². The fourth-order valence-corrected chi connectivity index (χ4v) is 4.23. The molecule has 54 valence electrons. The van der Waals surface area contributed by atoms with Crippen molar-refractivity contribution in [2.75, 3.05) is 6.61 Å². The predicted octanol–water partition coefficient (Wildman–Crippen LogP) is 1.71. The van der Waals surface area contributed by atoms with Gasteiger partial charge in [0, 0.05) is 0 Å². The van der Waals surface area contributed by atoms with Gasteiger partial charge in [-0.05, 0) is 0 Å². The molecule has 0 aromatic carbocycles. The average molecular weight is 235 g/mol. The Bertz CT molecular complexity index is 42.2. The van der Waals surface area contributed by atoms with Crippen molar-refractivity contribution in [3.8, 4) is 0 Å². The van der Waals surface area contributed by atoms with Crippen molar-refractivity contribution in [2.24, 2.45) is 0 Å². The summed E-state index contributed by atoms with van der Waals surface area (Å²) in [5.74, 6) is 0. The first-order valence-corrected chi connectivity index (χ1v) is 7.77. The van der Waals surface area contributed by atoms with Gasteiger partial charge in [-0.2, -0.15) is 0 Å². The van der Waals surface area contributed by atoms with Crippen LogP contribution in [0.2, 0.25) is 8.87 Å². The predicted molar refractivity (Wildman–Crippen MR) is 42.0 cm³/mol. The van der Waals surface area contributed by atoms with Crippen LogP contribution in [0.3, 0.4) is 0 Å². The fourth-order valence-electron chi connectivity index (χ4n) is 0.631. The van der Waals surface area contributed by atoms with Crippen molar-refractivity contribution in [2.45, 2.75) is 35.1 Å². The van der Waals surface area contributed by atoms with Crippen molar-refractivity contribution >= 4 is 21.1 Å². The summed E-state index contributed by atoms with van der Waals surface area (Å²) in [6, 6.07) is 0. The molecular weight excluding hydrogens is 219 g/mol. The molecule has 1 N–H and O–H groups in total. The summed E-state index contributed by atoms with van der Waals surface area (Å²) in [4.78, 5) is 0. The van der Waals surface area contributed by atoms with Crippen LogP contribution in [0.25, 0.3) is 0 Å². The van der Waals surface area contributed by atoms with E-state index in [0.29, 0.717) is 6.61 Å². The summed E-state index contributed by atoms with van der Waals surface area (Å²) >= 11 is -0.0105. The van der Waals surface area contributed by atoms with E-state index in [1.165, 1.54) is 21.7 Å². The summed E-state index contributed by atoms with van der Waals surface area (Å²) in [6.07, 6.45) is 3.84. The maximum absolute atomic E-state index is 8.45. The van der Waals surface area contributed by atoms with Gasteiger partial charge in [0.1, 0.15) is 0 Å². The van der Waals surface area contributed by atoms with Crippen LogP contribution in [0.4, 0.5) is 0 Å². The van der Waals surface area contributed by atoms with Crippen LogP contribution in [0.5, 0.6) is 0 Å². The molecule has 0 spiro atoms. The zero-order valence-electron chi connectivity index (χ0n) is 6.19. The van der Waals surface area contributed by atoms with Crippen LogP contribution in [-0.2, 0) is 0 Å². The molecule has 0 aliphatic rings. The van der Waals surface area contributed by atoms with E-state index in [0.717, 1.165) is 6.42 Å². The second-order valence-corrected chi connectivity index (χ2v) is 6.46. The minimum atomic E-state index is -0.0105. The minimum absolute atomic E-state index is 0.0105. The molecule has 0 unspecified atom stereocenters. The van der Waals surface area contributed by atoms with E-state index in [9.17, 15) is 0 Å². The summed E-state index contributed by atoms with van der Waals surface area (Å²) in [5.41, 5.74) is 0. The van der Waals surface area contributed by atoms with Crippen molar-refractivity contribution in [3.05, 3.63) is 0 Å². The normalized spacial score (nSPS) is 10.0. The zero-order valence-corrected chi connectivity index (χ0v) is 9.04. The van der Waals surface area contributed by atoms with Gasteiger partial charge in [0.2, 0.25) is 0 Å². The molecule has 0 amide bonds. The Labute approximate surface area is 68.1 Å². The molecule has 0 atom stereocenters. The Morgan fingerprint density at radius 3 is 2.44 bits per heavy atom. The molecule has 0 saturated heterocycles. The molecule has 0 aliphatic heterocycles. The Hall–Kier alpha value is 0.759. The molecule has 0 heterocycles. The monoisotopic (exact) mass is 236 g/mol. The Morgan fingerprint density at radius 2 is 1.89 bits per heavy atom. The first kappa shape index (κ1) is 9.76. The van der Waals surface area contributed by atoms with E-state index >= 15 is 0 Å². The molecule has 2 radical (unpaired) electrons. The molecular formula is C7H16OSn. The second-order valence-electron chi connectivity index (χ2n) is 2.18. The Balaban J connectivity index is 2.60. The topological polar surface area (TPSA) is 20.2 Å². The SMILES string of the molecule is CCC[CH2][Sn][CH2]CCO. The van der Waals surface area contributed by atoms with E-state index in [1.807, 2.05) is 0 Å². The second kappa shape index (κ2) is 8.76. The first-order chi connectivity index (χ1) is 4.41. The van der Waals surface area contributed by atoms with E-state index in [2.05, 4.69) is 6.92 Å².